The van der Waals surface area contributed by atoms with Gasteiger partial charge in [-0.05, 0) is 6.42 Å². The van der Waals surface area contributed by atoms with E-state index in [2.05, 4.69) is 4.72 Å². The van der Waals surface area contributed by atoms with Crippen LogP contribution >= 0.6 is 0 Å². The molecule has 0 saturated heterocycles. The predicted octanol–water partition coefficient (Wildman–Crippen LogP) is -0.314. The molecule has 0 rings (SSSR count). The average Bonchev–Trinajstić information content (AvgIpc) is 2.01. The average molecular weight is 191 g/mol. The van der Waals surface area contributed by atoms with Gasteiger partial charge in [0.25, 0.3) is 10.2 Å². The number of rotatable bonds is 5. The highest BCUT2D eigenvalue weighted by Gasteiger charge is 2.14. The molecule has 0 aromatic heterocycles. The zero-order valence-corrected chi connectivity index (χ0v) is 8.06. The van der Waals surface area contributed by atoms with Gasteiger partial charge in [-0.1, -0.05) is 6.92 Å². The molecular formula is C6H13N3O2S. The molecule has 0 unspecified atom stereocenters. The summed E-state index contributed by atoms with van der Waals surface area (Å²) >= 11 is 0. The Morgan fingerprint density at radius 1 is 1.58 bits per heavy atom. The second-order valence-electron chi connectivity index (χ2n) is 2.31. The van der Waals surface area contributed by atoms with Crippen LogP contribution in [0.15, 0.2) is 0 Å². The molecule has 0 aliphatic heterocycles. The molecule has 0 heterocycles. The number of nitriles is 1. The third kappa shape index (κ3) is 3.67. The topological polar surface area (TPSA) is 73.2 Å². The lowest BCUT2D eigenvalue weighted by molar-refractivity contribution is 0.487. The zero-order chi connectivity index (χ0) is 9.61. The third-order valence-electron chi connectivity index (χ3n) is 1.24. The van der Waals surface area contributed by atoms with Crippen LogP contribution in [0.4, 0.5) is 0 Å². The standard InChI is InChI=1S/C6H13N3O2S/c1-3-5-8-12(10,11)9(2)6-4-7/h8H,3,5-6H2,1-2H3. The Bertz CT molecular complexity index is 254. The fourth-order valence-corrected chi connectivity index (χ4v) is 1.44. The number of hydrogen-bond acceptors (Lipinski definition) is 3. The van der Waals surface area contributed by atoms with Gasteiger partial charge in [0.05, 0.1) is 6.07 Å². The molecule has 0 atom stereocenters. The van der Waals surface area contributed by atoms with Crippen LogP contribution < -0.4 is 4.72 Å². The minimum Gasteiger partial charge on any atom is -0.202 e. The number of hydrogen-bond donors (Lipinski definition) is 1. The van der Waals surface area contributed by atoms with Crippen molar-refractivity contribution in [1.82, 2.24) is 9.03 Å². The number of nitrogens with zero attached hydrogens (tertiary/aromatic N) is 2. The Labute approximate surface area is 73.2 Å². The van der Waals surface area contributed by atoms with Crippen molar-refractivity contribution < 1.29 is 8.42 Å². The Balaban J connectivity index is 4.12. The van der Waals surface area contributed by atoms with Gasteiger partial charge in [-0.2, -0.15) is 18.0 Å². The summed E-state index contributed by atoms with van der Waals surface area (Å²) < 4.78 is 25.6. The molecule has 0 saturated carbocycles. The minimum absolute atomic E-state index is 0.126. The SMILES string of the molecule is CCCNS(=O)(=O)N(C)CC#N. The highest BCUT2D eigenvalue weighted by molar-refractivity contribution is 7.87. The smallest absolute Gasteiger partial charge is 0.202 e. The molecule has 0 aromatic rings. The fourth-order valence-electron chi connectivity index (χ4n) is 0.526. The van der Waals surface area contributed by atoms with Crippen LogP contribution in [0.1, 0.15) is 13.3 Å². The maximum absolute atomic E-state index is 11.1. The van der Waals surface area contributed by atoms with Crippen LogP contribution in [0.25, 0.3) is 0 Å². The normalized spacial score (nSPS) is 11.5. The van der Waals surface area contributed by atoms with Gasteiger partial charge in [-0.25, -0.2) is 4.72 Å². The van der Waals surface area contributed by atoms with Crippen LogP contribution in [-0.2, 0) is 10.2 Å². The van der Waals surface area contributed by atoms with Crippen molar-refractivity contribution in [3.8, 4) is 6.07 Å². The summed E-state index contributed by atoms with van der Waals surface area (Å²) in [5.74, 6) is 0. The molecule has 0 radical (unpaired) electrons. The van der Waals surface area contributed by atoms with Crippen molar-refractivity contribution in [2.75, 3.05) is 20.1 Å². The van der Waals surface area contributed by atoms with Gasteiger partial charge in [0.1, 0.15) is 6.54 Å². The quantitative estimate of drug-likeness (QED) is 0.606. The van der Waals surface area contributed by atoms with E-state index >= 15 is 0 Å². The molecule has 0 aromatic carbocycles. The highest BCUT2D eigenvalue weighted by atomic mass is 32.2. The summed E-state index contributed by atoms with van der Waals surface area (Å²) in [6.07, 6.45) is 0.736. The van der Waals surface area contributed by atoms with Crippen LogP contribution in [-0.4, -0.2) is 32.9 Å². The zero-order valence-electron chi connectivity index (χ0n) is 7.24. The fraction of sp³-hybridized carbons (Fsp3) is 0.833. The molecule has 0 fully saturated rings. The highest BCUT2D eigenvalue weighted by Crippen LogP contribution is 1.91. The Morgan fingerprint density at radius 3 is 2.58 bits per heavy atom. The first-order chi connectivity index (χ1) is 5.54. The summed E-state index contributed by atoms with van der Waals surface area (Å²) in [5.41, 5.74) is 0. The van der Waals surface area contributed by atoms with Crippen molar-refractivity contribution in [1.29, 1.82) is 5.26 Å². The van der Waals surface area contributed by atoms with Gasteiger partial charge in [0.15, 0.2) is 0 Å². The van der Waals surface area contributed by atoms with Crippen molar-refractivity contribution in [3.63, 3.8) is 0 Å². The summed E-state index contributed by atoms with van der Waals surface area (Å²) in [6.45, 7) is 2.14. The van der Waals surface area contributed by atoms with Gasteiger partial charge < -0.3 is 0 Å². The largest absolute Gasteiger partial charge is 0.280 e. The molecular weight excluding hydrogens is 178 g/mol. The van der Waals surface area contributed by atoms with E-state index in [-0.39, 0.29) is 6.54 Å². The molecule has 1 N–H and O–H groups in total. The molecule has 0 aliphatic rings. The molecule has 0 bridgehead atoms. The van der Waals surface area contributed by atoms with Gasteiger partial charge in [-0.15, -0.1) is 0 Å². The van der Waals surface area contributed by atoms with Gasteiger partial charge in [-0.3, -0.25) is 0 Å². The Hall–Kier alpha value is -0.640. The lowest BCUT2D eigenvalue weighted by Crippen LogP contribution is -2.38. The second kappa shape index (κ2) is 5.09. The minimum atomic E-state index is -3.42. The molecule has 0 spiro atoms. The lowest BCUT2D eigenvalue weighted by atomic mass is 10.5. The van der Waals surface area contributed by atoms with E-state index in [0.29, 0.717) is 6.54 Å². The number of nitrogens with one attached hydrogen (secondary N) is 1. The van der Waals surface area contributed by atoms with Crippen molar-refractivity contribution in [2.45, 2.75) is 13.3 Å². The van der Waals surface area contributed by atoms with Crippen molar-refractivity contribution in [2.24, 2.45) is 0 Å². The van der Waals surface area contributed by atoms with E-state index in [0.717, 1.165) is 10.7 Å². The Morgan fingerprint density at radius 2 is 2.17 bits per heavy atom. The summed E-state index contributed by atoms with van der Waals surface area (Å²) in [4.78, 5) is 0. The van der Waals surface area contributed by atoms with Crippen LogP contribution in [0, 0.1) is 11.3 Å². The molecule has 0 amide bonds. The first-order valence-corrected chi connectivity index (χ1v) is 5.06. The van der Waals surface area contributed by atoms with E-state index < -0.39 is 10.2 Å². The lowest BCUT2D eigenvalue weighted by Gasteiger charge is -2.13. The second-order valence-corrected chi connectivity index (χ2v) is 4.18. The van der Waals surface area contributed by atoms with Crippen molar-refractivity contribution in [3.05, 3.63) is 0 Å². The van der Waals surface area contributed by atoms with Gasteiger partial charge in [0, 0.05) is 13.6 Å². The van der Waals surface area contributed by atoms with E-state index in [1.807, 2.05) is 6.92 Å². The van der Waals surface area contributed by atoms with E-state index in [9.17, 15) is 8.42 Å². The van der Waals surface area contributed by atoms with Crippen LogP contribution in [0.5, 0.6) is 0 Å². The van der Waals surface area contributed by atoms with Crippen molar-refractivity contribution >= 4 is 10.2 Å². The summed E-state index contributed by atoms with van der Waals surface area (Å²) in [7, 11) is -2.06. The van der Waals surface area contributed by atoms with Gasteiger partial charge >= 0.3 is 0 Å². The first kappa shape index (κ1) is 11.4. The maximum Gasteiger partial charge on any atom is 0.280 e. The van der Waals surface area contributed by atoms with E-state index in [1.54, 1.807) is 6.07 Å². The summed E-state index contributed by atoms with van der Waals surface area (Å²) in [6, 6.07) is 1.76. The maximum atomic E-state index is 11.1. The first-order valence-electron chi connectivity index (χ1n) is 3.62. The molecule has 12 heavy (non-hydrogen) atoms. The Kier molecular flexibility index (Phi) is 4.81. The molecule has 5 nitrogen and oxygen atoms in total. The third-order valence-corrected chi connectivity index (χ3v) is 2.76. The van der Waals surface area contributed by atoms with Crippen LogP contribution in [0.2, 0.25) is 0 Å². The molecule has 0 aliphatic carbocycles. The molecule has 6 heteroatoms. The van der Waals surface area contributed by atoms with E-state index in [1.165, 1.54) is 7.05 Å². The van der Waals surface area contributed by atoms with E-state index in [4.69, 9.17) is 5.26 Å². The molecule has 70 valence electrons. The predicted molar refractivity (Wildman–Crippen MR) is 45.5 cm³/mol. The van der Waals surface area contributed by atoms with Gasteiger partial charge in [0.2, 0.25) is 0 Å². The van der Waals surface area contributed by atoms with Crippen LogP contribution in [0.3, 0.4) is 0 Å². The summed E-state index contributed by atoms with van der Waals surface area (Å²) in [5, 5.41) is 8.24. The monoisotopic (exact) mass is 191 g/mol.